The van der Waals surface area contributed by atoms with Gasteiger partial charge in [-0.3, -0.25) is 4.67 Å². The summed E-state index contributed by atoms with van der Waals surface area (Å²) < 4.78 is 2.18. The maximum absolute atomic E-state index is 8.94. The van der Waals surface area contributed by atoms with E-state index in [-0.39, 0.29) is 14.2 Å². The zero-order valence-electron chi connectivity index (χ0n) is 6.63. The van der Waals surface area contributed by atoms with Crippen molar-refractivity contribution < 1.29 is 5.11 Å². The predicted octanol–water partition coefficient (Wildman–Crippen LogP) is 0.956. The van der Waals surface area contributed by atoms with Gasteiger partial charge in [0.05, 0.1) is 6.10 Å². The summed E-state index contributed by atoms with van der Waals surface area (Å²) in [7, 11) is 2.02. The fourth-order valence-corrected chi connectivity index (χ4v) is 1.11. The third-order valence-electron chi connectivity index (χ3n) is 1.21. The van der Waals surface area contributed by atoms with Gasteiger partial charge in [-0.25, -0.2) is 0 Å². The second-order valence-electron chi connectivity index (χ2n) is 2.54. The van der Waals surface area contributed by atoms with Crippen LogP contribution in [-0.4, -0.2) is 42.8 Å². The molecule has 2 nitrogen and oxygen atoms in total. The van der Waals surface area contributed by atoms with Gasteiger partial charge in [-0.05, 0) is 35.4 Å². The van der Waals surface area contributed by atoms with Crippen LogP contribution in [0.25, 0.3) is 0 Å². The van der Waals surface area contributed by atoms with Gasteiger partial charge in [0.2, 0.25) is 0 Å². The highest BCUT2D eigenvalue weighted by Crippen LogP contribution is 2.28. The summed E-state index contributed by atoms with van der Waals surface area (Å²) in [5.74, 6) is 0. The molecule has 1 atom stereocenters. The van der Waals surface area contributed by atoms with Crippen LogP contribution in [0.2, 0.25) is 0 Å². The van der Waals surface area contributed by atoms with Crippen LogP contribution in [0.4, 0.5) is 0 Å². The number of aliphatic hydroxyl groups is 1. The fraction of sp³-hybridized carbons (Fsp3) is 1.00. The Morgan fingerprint density at radius 1 is 1.56 bits per heavy atom. The minimum atomic E-state index is -0.195. The molecule has 0 saturated heterocycles. The van der Waals surface area contributed by atoms with E-state index in [1.165, 1.54) is 0 Å². The molecular formula is C6H16NOP. The molecule has 0 aliphatic rings. The van der Waals surface area contributed by atoms with Gasteiger partial charge in [0.15, 0.2) is 0 Å². The second kappa shape index (κ2) is 4.21. The first-order valence-corrected chi connectivity index (χ1v) is 5.29. The maximum Gasteiger partial charge on any atom is 0.0642 e. The lowest BCUT2D eigenvalue weighted by Gasteiger charge is -2.22. The zero-order valence-corrected chi connectivity index (χ0v) is 7.52. The zero-order chi connectivity index (χ0) is 7.44. The standard InChI is InChI=1S/C6H16NOP/c1-6(8)5-7(2)9(3)4/h6,8H,5H2,1-4H3. The van der Waals surface area contributed by atoms with E-state index in [4.69, 9.17) is 5.11 Å². The summed E-state index contributed by atoms with van der Waals surface area (Å²) >= 11 is 0. The monoisotopic (exact) mass is 149 g/mol. The van der Waals surface area contributed by atoms with Crippen LogP contribution in [-0.2, 0) is 0 Å². The van der Waals surface area contributed by atoms with Crippen molar-refractivity contribution in [3.63, 3.8) is 0 Å². The van der Waals surface area contributed by atoms with E-state index in [9.17, 15) is 0 Å². The van der Waals surface area contributed by atoms with Gasteiger partial charge in [-0.2, -0.15) is 0 Å². The molecule has 0 aromatic carbocycles. The minimum absolute atomic E-state index is 0.0209. The molecule has 1 unspecified atom stereocenters. The van der Waals surface area contributed by atoms with Gasteiger partial charge < -0.3 is 5.11 Å². The SMILES string of the molecule is CC(O)CN(C)P(C)C. The van der Waals surface area contributed by atoms with E-state index in [0.29, 0.717) is 0 Å². The Balaban J connectivity index is 3.38. The van der Waals surface area contributed by atoms with Crippen molar-refractivity contribution in [1.82, 2.24) is 4.67 Å². The first-order valence-electron chi connectivity index (χ1n) is 3.10. The van der Waals surface area contributed by atoms with Crippen molar-refractivity contribution in [2.75, 3.05) is 26.9 Å². The fourth-order valence-electron chi connectivity index (χ4n) is 0.546. The van der Waals surface area contributed by atoms with E-state index in [1.54, 1.807) is 0 Å². The average Bonchev–Trinajstić information content (AvgIpc) is 1.63. The number of aliphatic hydroxyl groups excluding tert-OH is 1. The number of nitrogens with zero attached hydrogens (tertiary/aromatic N) is 1. The molecule has 0 bridgehead atoms. The first kappa shape index (κ1) is 9.35. The summed E-state index contributed by atoms with van der Waals surface area (Å²) in [5.41, 5.74) is 0. The molecule has 0 aliphatic carbocycles. The summed E-state index contributed by atoms with van der Waals surface area (Å²) in [5, 5.41) is 8.94. The van der Waals surface area contributed by atoms with Crippen molar-refractivity contribution in [3.8, 4) is 0 Å². The van der Waals surface area contributed by atoms with Crippen LogP contribution in [0.1, 0.15) is 6.92 Å². The Hall–Kier alpha value is 0.350. The first-order chi connectivity index (χ1) is 4.04. The number of hydrogen-bond donors (Lipinski definition) is 1. The lowest BCUT2D eigenvalue weighted by molar-refractivity contribution is 0.173. The van der Waals surface area contributed by atoms with E-state index in [2.05, 4.69) is 18.0 Å². The summed E-state index contributed by atoms with van der Waals surface area (Å²) in [6.07, 6.45) is -0.195. The Morgan fingerprint density at radius 2 is 2.00 bits per heavy atom. The minimum Gasteiger partial charge on any atom is -0.392 e. The third-order valence-corrected chi connectivity index (χ3v) is 2.74. The molecule has 0 heterocycles. The van der Waals surface area contributed by atoms with Gasteiger partial charge in [0, 0.05) is 6.54 Å². The van der Waals surface area contributed by atoms with E-state index in [0.717, 1.165) is 6.54 Å². The van der Waals surface area contributed by atoms with Crippen LogP contribution in [0, 0.1) is 0 Å². The lowest BCUT2D eigenvalue weighted by atomic mass is 10.4. The molecule has 3 heteroatoms. The average molecular weight is 149 g/mol. The van der Waals surface area contributed by atoms with Gasteiger partial charge in [-0.1, -0.05) is 0 Å². The largest absolute Gasteiger partial charge is 0.392 e. The quantitative estimate of drug-likeness (QED) is 0.604. The molecule has 0 saturated carbocycles. The second-order valence-corrected chi connectivity index (χ2v) is 4.91. The highest BCUT2D eigenvalue weighted by Gasteiger charge is 2.04. The number of rotatable bonds is 3. The molecule has 0 amide bonds. The van der Waals surface area contributed by atoms with E-state index >= 15 is 0 Å². The summed E-state index contributed by atoms with van der Waals surface area (Å²) in [4.78, 5) is 0. The molecule has 0 aliphatic heterocycles. The lowest BCUT2D eigenvalue weighted by Crippen LogP contribution is -2.22. The molecule has 56 valence electrons. The number of hydrogen-bond acceptors (Lipinski definition) is 2. The van der Waals surface area contributed by atoms with Gasteiger partial charge >= 0.3 is 0 Å². The smallest absolute Gasteiger partial charge is 0.0642 e. The Kier molecular flexibility index (Phi) is 4.37. The molecule has 0 spiro atoms. The van der Waals surface area contributed by atoms with Crippen molar-refractivity contribution in [2.45, 2.75) is 13.0 Å². The van der Waals surface area contributed by atoms with E-state index in [1.807, 2.05) is 14.0 Å². The highest BCUT2D eigenvalue weighted by atomic mass is 31.1. The van der Waals surface area contributed by atoms with Crippen molar-refractivity contribution in [3.05, 3.63) is 0 Å². The van der Waals surface area contributed by atoms with Crippen molar-refractivity contribution >= 4 is 8.07 Å². The van der Waals surface area contributed by atoms with Gasteiger partial charge in [-0.15, -0.1) is 0 Å². The molecule has 1 N–H and O–H groups in total. The highest BCUT2D eigenvalue weighted by molar-refractivity contribution is 7.53. The van der Waals surface area contributed by atoms with Gasteiger partial charge in [0.25, 0.3) is 0 Å². The van der Waals surface area contributed by atoms with E-state index < -0.39 is 0 Å². The Morgan fingerprint density at radius 3 is 2.11 bits per heavy atom. The van der Waals surface area contributed by atoms with Crippen LogP contribution in [0.5, 0.6) is 0 Å². The number of likely N-dealkylation sites (N-methyl/N-ethyl adjacent to an activating group) is 1. The van der Waals surface area contributed by atoms with Gasteiger partial charge in [0.1, 0.15) is 0 Å². The molecule has 0 rings (SSSR count). The molecule has 0 radical (unpaired) electrons. The topological polar surface area (TPSA) is 23.5 Å². The molecular weight excluding hydrogens is 133 g/mol. The Bertz CT molecular complexity index is 75.5. The van der Waals surface area contributed by atoms with Crippen LogP contribution < -0.4 is 0 Å². The molecule has 0 aromatic heterocycles. The van der Waals surface area contributed by atoms with Crippen LogP contribution >= 0.6 is 8.07 Å². The van der Waals surface area contributed by atoms with Crippen molar-refractivity contribution in [1.29, 1.82) is 0 Å². The van der Waals surface area contributed by atoms with Crippen molar-refractivity contribution in [2.24, 2.45) is 0 Å². The summed E-state index contributed by atoms with van der Waals surface area (Å²) in [6.45, 7) is 6.96. The third kappa shape index (κ3) is 4.83. The normalized spacial score (nSPS) is 15.0. The molecule has 0 aromatic rings. The Labute approximate surface area is 58.7 Å². The summed E-state index contributed by atoms with van der Waals surface area (Å²) in [6, 6.07) is 0. The van der Waals surface area contributed by atoms with Crippen LogP contribution in [0.15, 0.2) is 0 Å². The predicted molar refractivity (Wildman–Crippen MR) is 43.1 cm³/mol. The maximum atomic E-state index is 8.94. The molecule has 0 fully saturated rings. The molecule has 9 heavy (non-hydrogen) atoms. The van der Waals surface area contributed by atoms with Crippen LogP contribution in [0.3, 0.4) is 0 Å².